The quantitative estimate of drug-likeness (QED) is 0.689. The lowest BCUT2D eigenvalue weighted by atomic mass is 9.86. The van der Waals surface area contributed by atoms with Crippen LogP contribution in [0.4, 0.5) is 18.0 Å². The van der Waals surface area contributed by atoms with E-state index in [1.54, 1.807) is 6.92 Å². The Hall–Kier alpha value is -2.00. The Labute approximate surface area is 118 Å². The van der Waals surface area contributed by atoms with Crippen LogP contribution in [-0.4, -0.2) is 60.3 Å². The van der Waals surface area contributed by atoms with Crippen molar-refractivity contribution < 1.29 is 32.7 Å². The summed E-state index contributed by atoms with van der Waals surface area (Å²) in [5.41, 5.74) is -2.95. The normalized spacial score (nSPS) is 22.0. The van der Waals surface area contributed by atoms with Crippen LogP contribution in [-0.2, 0) is 9.59 Å². The maximum atomic E-state index is 12.9. The standard InChI is InChI=1S/C11H16F3N3O4/c1-2-15-7(18)5-16-9(21)17-4-3-10(6-17,8(19)20)11(12,13)14/h2-6H2,1H3,(H,15,18)(H,16,21)(H,19,20). The van der Waals surface area contributed by atoms with Gasteiger partial charge in [-0.05, 0) is 13.3 Å². The molecule has 0 radical (unpaired) electrons. The Kier molecular flexibility index (Phi) is 5.02. The molecule has 7 nitrogen and oxygen atoms in total. The first-order chi connectivity index (χ1) is 9.64. The highest BCUT2D eigenvalue weighted by molar-refractivity contribution is 5.85. The fraction of sp³-hybridized carbons (Fsp3) is 0.727. The number of likely N-dealkylation sites (tertiary alicyclic amines) is 1. The van der Waals surface area contributed by atoms with Gasteiger partial charge in [-0.15, -0.1) is 0 Å². The van der Waals surface area contributed by atoms with Crippen molar-refractivity contribution in [3.05, 3.63) is 0 Å². The summed E-state index contributed by atoms with van der Waals surface area (Å²) in [6.07, 6.45) is -5.66. The Balaban J connectivity index is 2.66. The average molecular weight is 311 g/mol. The molecule has 1 fully saturated rings. The predicted octanol–water partition coefficient (Wildman–Crippen LogP) is 0.171. The highest BCUT2D eigenvalue weighted by Crippen LogP contribution is 2.45. The summed E-state index contributed by atoms with van der Waals surface area (Å²) >= 11 is 0. The van der Waals surface area contributed by atoms with Crippen LogP contribution >= 0.6 is 0 Å². The van der Waals surface area contributed by atoms with Gasteiger partial charge in [0.05, 0.1) is 6.54 Å². The number of nitrogens with zero attached hydrogens (tertiary/aromatic N) is 1. The van der Waals surface area contributed by atoms with Gasteiger partial charge in [0.2, 0.25) is 5.91 Å². The van der Waals surface area contributed by atoms with Gasteiger partial charge in [-0.2, -0.15) is 13.2 Å². The number of urea groups is 1. The third-order valence-electron chi connectivity index (χ3n) is 3.28. The molecular formula is C11H16F3N3O4. The molecule has 0 spiro atoms. The SMILES string of the molecule is CCNC(=O)CNC(=O)N1CCC(C(=O)O)(C(F)(F)F)C1. The van der Waals surface area contributed by atoms with Gasteiger partial charge in [0, 0.05) is 19.6 Å². The van der Waals surface area contributed by atoms with Crippen molar-refractivity contribution in [2.45, 2.75) is 19.5 Å². The topological polar surface area (TPSA) is 98.7 Å². The van der Waals surface area contributed by atoms with E-state index in [9.17, 15) is 27.6 Å². The Morgan fingerprint density at radius 1 is 1.29 bits per heavy atom. The maximum absolute atomic E-state index is 12.9. The zero-order chi connectivity index (χ0) is 16.3. The summed E-state index contributed by atoms with van der Waals surface area (Å²) in [6.45, 7) is 0.342. The number of carboxylic acid groups (broad SMARTS) is 1. The summed E-state index contributed by atoms with van der Waals surface area (Å²) in [5.74, 6) is -2.49. The minimum absolute atomic E-state index is 0.340. The van der Waals surface area contributed by atoms with Crippen LogP contribution in [0.3, 0.4) is 0 Å². The number of halogens is 3. The first-order valence-electron chi connectivity index (χ1n) is 6.23. The lowest BCUT2D eigenvalue weighted by molar-refractivity contribution is -0.227. The van der Waals surface area contributed by atoms with E-state index in [-0.39, 0.29) is 13.1 Å². The predicted molar refractivity (Wildman–Crippen MR) is 64.4 cm³/mol. The zero-order valence-corrected chi connectivity index (χ0v) is 11.3. The summed E-state index contributed by atoms with van der Waals surface area (Å²) in [4.78, 5) is 34.5. The largest absolute Gasteiger partial charge is 0.481 e. The van der Waals surface area contributed by atoms with Crippen molar-refractivity contribution in [3.63, 3.8) is 0 Å². The molecule has 120 valence electrons. The number of hydrogen-bond donors (Lipinski definition) is 3. The molecule has 0 aromatic rings. The highest BCUT2D eigenvalue weighted by Gasteiger charge is 2.64. The Bertz CT molecular complexity index is 441. The lowest BCUT2D eigenvalue weighted by Gasteiger charge is -2.27. The van der Waals surface area contributed by atoms with Gasteiger partial charge in [-0.3, -0.25) is 9.59 Å². The first-order valence-corrected chi connectivity index (χ1v) is 6.23. The van der Waals surface area contributed by atoms with Gasteiger partial charge in [-0.1, -0.05) is 0 Å². The number of nitrogens with one attached hydrogen (secondary N) is 2. The fourth-order valence-corrected chi connectivity index (χ4v) is 2.04. The van der Waals surface area contributed by atoms with Crippen molar-refractivity contribution in [1.29, 1.82) is 0 Å². The smallest absolute Gasteiger partial charge is 0.406 e. The van der Waals surface area contributed by atoms with Gasteiger partial charge in [0.25, 0.3) is 0 Å². The van der Waals surface area contributed by atoms with E-state index >= 15 is 0 Å². The number of hydrogen-bond acceptors (Lipinski definition) is 3. The highest BCUT2D eigenvalue weighted by atomic mass is 19.4. The van der Waals surface area contributed by atoms with Crippen molar-refractivity contribution in [3.8, 4) is 0 Å². The number of carboxylic acids is 1. The minimum Gasteiger partial charge on any atom is -0.481 e. The van der Waals surface area contributed by atoms with Gasteiger partial charge >= 0.3 is 18.2 Å². The summed E-state index contributed by atoms with van der Waals surface area (Å²) < 4.78 is 38.7. The van der Waals surface area contributed by atoms with Gasteiger partial charge in [-0.25, -0.2) is 4.79 Å². The van der Waals surface area contributed by atoms with Crippen molar-refractivity contribution in [2.75, 3.05) is 26.2 Å². The molecule has 0 saturated carbocycles. The Morgan fingerprint density at radius 3 is 2.33 bits per heavy atom. The molecule has 1 unspecified atom stereocenters. The molecule has 0 aromatic carbocycles. The summed E-state index contributed by atoms with van der Waals surface area (Å²) in [6, 6.07) is -0.895. The van der Waals surface area contributed by atoms with E-state index in [4.69, 9.17) is 5.11 Å². The third-order valence-corrected chi connectivity index (χ3v) is 3.28. The number of alkyl halides is 3. The van der Waals surface area contributed by atoms with E-state index < -0.39 is 42.5 Å². The van der Waals surface area contributed by atoms with E-state index in [0.29, 0.717) is 6.54 Å². The minimum atomic E-state index is -4.95. The third kappa shape index (κ3) is 3.56. The molecule has 1 saturated heterocycles. The number of aliphatic carboxylic acids is 1. The number of likely N-dealkylation sites (N-methyl/N-ethyl adjacent to an activating group) is 1. The molecular weight excluding hydrogens is 295 g/mol. The molecule has 3 N–H and O–H groups in total. The van der Waals surface area contributed by atoms with E-state index in [2.05, 4.69) is 10.6 Å². The summed E-state index contributed by atoms with van der Waals surface area (Å²) in [5, 5.41) is 13.4. The van der Waals surface area contributed by atoms with Gasteiger partial charge in [0.1, 0.15) is 0 Å². The van der Waals surface area contributed by atoms with E-state index in [1.807, 2.05) is 0 Å². The molecule has 1 atom stereocenters. The van der Waals surface area contributed by atoms with Crippen LogP contribution in [0.25, 0.3) is 0 Å². The Morgan fingerprint density at radius 2 is 1.90 bits per heavy atom. The maximum Gasteiger partial charge on any atom is 0.406 e. The second-order valence-electron chi connectivity index (χ2n) is 4.67. The number of carbonyl (C=O) groups excluding carboxylic acids is 2. The molecule has 0 aliphatic carbocycles. The fourth-order valence-electron chi connectivity index (χ4n) is 2.04. The number of amides is 3. The molecule has 0 aromatic heterocycles. The van der Waals surface area contributed by atoms with Crippen LogP contribution in [0.15, 0.2) is 0 Å². The van der Waals surface area contributed by atoms with Crippen LogP contribution in [0.1, 0.15) is 13.3 Å². The van der Waals surface area contributed by atoms with E-state index in [1.165, 1.54) is 0 Å². The van der Waals surface area contributed by atoms with Crippen molar-refractivity contribution >= 4 is 17.9 Å². The molecule has 10 heteroatoms. The van der Waals surface area contributed by atoms with Crippen LogP contribution in [0.5, 0.6) is 0 Å². The van der Waals surface area contributed by atoms with Gasteiger partial charge in [0.15, 0.2) is 5.41 Å². The average Bonchev–Trinajstić information content (AvgIpc) is 2.82. The second-order valence-corrected chi connectivity index (χ2v) is 4.67. The second kappa shape index (κ2) is 6.19. The van der Waals surface area contributed by atoms with Crippen LogP contribution in [0.2, 0.25) is 0 Å². The lowest BCUT2D eigenvalue weighted by Crippen LogP contribution is -2.49. The molecule has 3 amide bonds. The zero-order valence-electron chi connectivity index (χ0n) is 11.3. The molecule has 21 heavy (non-hydrogen) atoms. The number of carbonyl (C=O) groups is 3. The molecule has 1 heterocycles. The summed E-state index contributed by atoms with van der Waals surface area (Å²) in [7, 11) is 0. The first kappa shape index (κ1) is 17.1. The molecule has 0 bridgehead atoms. The molecule has 1 aliphatic heterocycles. The van der Waals surface area contributed by atoms with E-state index in [0.717, 1.165) is 4.90 Å². The van der Waals surface area contributed by atoms with Crippen molar-refractivity contribution in [2.24, 2.45) is 5.41 Å². The number of rotatable bonds is 4. The van der Waals surface area contributed by atoms with Crippen LogP contribution in [0, 0.1) is 5.41 Å². The van der Waals surface area contributed by atoms with Crippen LogP contribution < -0.4 is 10.6 Å². The molecule has 1 aliphatic rings. The van der Waals surface area contributed by atoms with Gasteiger partial charge < -0.3 is 20.6 Å². The van der Waals surface area contributed by atoms with Crippen molar-refractivity contribution in [1.82, 2.24) is 15.5 Å². The molecule has 1 rings (SSSR count). The monoisotopic (exact) mass is 311 g/mol.